The summed E-state index contributed by atoms with van der Waals surface area (Å²) < 4.78 is 8.74. The first-order valence-corrected chi connectivity index (χ1v) is 1.95. The Labute approximate surface area is 51.8 Å². The molecule has 0 aromatic heterocycles. The fraction of sp³-hybridized carbons (Fsp3) is 0. The van der Waals surface area contributed by atoms with Gasteiger partial charge >= 0.3 is 9.17 Å². The van der Waals surface area contributed by atoms with E-state index >= 15 is 0 Å². The smallest absolute Gasteiger partial charge is 0.511 e. The minimum absolute atomic E-state index is 0. The number of hydrogen-bond acceptors (Lipinski definition) is 1. The average molecular weight is 168 g/mol. The molecule has 9 heteroatoms. The van der Waals surface area contributed by atoms with Gasteiger partial charge in [0.1, 0.15) is 0 Å². The molecule has 0 spiro atoms. The molecule has 0 aromatic rings. The maximum Gasteiger partial charge on any atom is 0.761 e. The van der Waals surface area contributed by atoms with Gasteiger partial charge in [-0.15, -0.1) is 0 Å². The monoisotopic (exact) mass is 168 g/mol. The highest BCUT2D eigenvalue weighted by Crippen LogP contribution is 1.27. The Bertz CT molecular complexity index is 27.5. The van der Waals surface area contributed by atoms with Crippen LogP contribution < -0.4 is 0 Å². The first kappa shape index (κ1) is 79.3. The van der Waals surface area contributed by atoms with Crippen molar-refractivity contribution in [3.05, 3.63) is 0 Å². The lowest BCUT2D eigenvalue weighted by molar-refractivity contribution is 0.330. The van der Waals surface area contributed by atoms with Crippen LogP contribution in [0.3, 0.4) is 0 Å². The fourth-order valence-electron chi connectivity index (χ4n) is 0. The van der Waals surface area contributed by atoms with E-state index in [0.717, 1.165) is 0 Å². The molecule has 0 amide bonds. The largest absolute Gasteiger partial charge is 0.761 e. The van der Waals surface area contributed by atoms with Gasteiger partial charge in [-0.05, 0) is 0 Å². The van der Waals surface area contributed by atoms with Crippen LogP contribution >= 0.6 is 0 Å². The molecule has 0 heterocycles. The quantitative estimate of drug-likeness (QED) is 0.338. The van der Waals surface area contributed by atoms with E-state index in [1.54, 1.807) is 0 Å². The first-order valence-electron chi connectivity index (χ1n) is 0.651. The van der Waals surface area contributed by atoms with Crippen molar-refractivity contribution in [1.82, 2.24) is 0 Å². The predicted molar refractivity (Wildman–Crippen MR) is 28.9 cm³/mol. The SMILES string of the molecule is O.O.O.O.O.O=[Si](O)O. The van der Waals surface area contributed by atoms with Gasteiger partial charge in [-0.1, -0.05) is 0 Å². The standard InChI is InChI=1S/H2O3Si.5H2O/c1-4(2)3;;;;;/h1-2H;5*1H2. The lowest BCUT2D eigenvalue weighted by Crippen LogP contribution is -1.90. The first-order chi connectivity index (χ1) is 1.73. The molecule has 0 aliphatic rings. The van der Waals surface area contributed by atoms with E-state index in [2.05, 4.69) is 0 Å². The van der Waals surface area contributed by atoms with Gasteiger partial charge in [0.05, 0.1) is 0 Å². The van der Waals surface area contributed by atoms with Gasteiger partial charge in [-0.25, -0.2) is 0 Å². The molecule has 0 unspecified atom stereocenters. The van der Waals surface area contributed by atoms with Crippen LogP contribution in [0.5, 0.6) is 0 Å². The van der Waals surface area contributed by atoms with Gasteiger partial charge < -0.3 is 37.0 Å². The summed E-state index contributed by atoms with van der Waals surface area (Å²) in [6, 6.07) is 0. The lowest BCUT2D eigenvalue weighted by atomic mass is 15.8. The van der Waals surface area contributed by atoms with E-state index < -0.39 is 9.17 Å². The van der Waals surface area contributed by atoms with Crippen molar-refractivity contribution in [2.24, 2.45) is 0 Å². The van der Waals surface area contributed by atoms with Crippen molar-refractivity contribution in [3.8, 4) is 0 Å². The van der Waals surface area contributed by atoms with Gasteiger partial charge in [0.2, 0.25) is 0 Å². The second kappa shape index (κ2) is 52.3. The normalized spacial score (nSPS) is 2.67. The summed E-state index contributed by atoms with van der Waals surface area (Å²) >= 11 is 0. The van der Waals surface area contributed by atoms with E-state index in [0.29, 0.717) is 0 Å². The number of rotatable bonds is 0. The molecule has 0 rings (SSSR count). The van der Waals surface area contributed by atoms with Crippen LogP contribution in [0, 0.1) is 0 Å². The highest BCUT2D eigenvalue weighted by molar-refractivity contribution is 6.22. The van der Waals surface area contributed by atoms with Crippen molar-refractivity contribution in [2.75, 3.05) is 0 Å². The van der Waals surface area contributed by atoms with Crippen LogP contribution in [-0.2, 0) is 4.46 Å². The summed E-state index contributed by atoms with van der Waals surface area (Å²) in [5.41, 5.74) is 0. The highest BCUT2D eigenvalue weighted by atomic mass is 28.3. The highest BCUT2D eigenvalue weighted by Gasteiger charge is 1.85. The van der Waals surface area contributed by atoms with Crippen LogP contribution in [0.2, 0.25) is 0 Å². The van der Waals surface area contributed by atoms with E-state index in [1.807, 2.05) is 0 Å². The zero-order chi connectivity index (χ0) is 3.58. The molecule has 0 saturated heterocycles. The zero-order valence-electron chi connectivity index (χ0n) is 4.30. The molecule has 64 valence electrons. The van der Waals surface area contributed by atoms with Crippen molar-refractivity contribution in [2.45, 2.75) is 0 Å². The molecule has 8 nitrogen and oxygen atoms in total. The molecule has 0 aliphatic carbocycles. The minimum atomic E-state index is -3.13. The summed E-state index contributed by atoms with van der Waals surface area (Å²) in [6.07, 6.45) is 0. The van der Waals surface area contributed by atoms with Crippen LogP contribution in [0.4, 0.5) is 0 Å². The van der Waals surface area contributed by atoms with Gasteiger partial charge in [-0.2, -0.15) is 0 Å². The Hall–Kier alpha value is -0.583. The summed E-state index contributed by atoms with van der Waals surface area (Å²) in [7, 11) is -3.13. The lowest BCUT2D eigenvalue weighted by Gasteiger charge is -1.55. The summed E-state index contributed by atoms with van der Waals surface area (Å²) in [5.74, 6) is 0. The molecule has 0 aliphatic heterocycles. The zero-order valence-corrected chi connectivity index (χ0v) is 5.30. The third kappa shape index (κ3) is 640. The predicted octanol–water partition coefficient (Wildman–Crippen LogP) is -5.74. The third-order valence-corrected chi connectivity index (χ3v) is 0. The Morgan fingerprint density at radius 2 is 0.778 bits per heavy atom. The van der Waals surface area contributed by atoms with Crippen LogP contribution in [0.15, 0.2) is 0 Å². The molecule has 0 bridgehead atoms. The summed E-state index contributed by atoms with van der Waals surface area (Å²) in [4.78, 5) is 14.3. The van der Waals surface area contributed by atoms with Crippen LogP contribution in [0.1, 0.15) is 0 Å². The summed E-state index contributed by atoms with van der Waals surface area (Å²) in [6.45, 7) is 0. The van der Waals surface area contributed by atoms with Crippen molar-refractivity contribution in [3.63, 3.8) is 0 Å². The maximum atomic E-state index is 8.74. The van der Waals surface area contributed by atoms with E-state index in [-0.39, 0.29) is 27.4 Å². The van der Waals surface area contributed by atoms with E-state index in [9.17, 15) is 0 Å². The topological polar surface area (TPSA) is 215 Å². The second-order valence-corrected chi connectivity index (χ2v) is 0.848. The number of hydrogen-bond donors (Lipinski definition) is 2. The van der Waals surface area contributed by atoms with Crippen LogP contribution in [0.25, 0.3) is 0 Å². The van der Waals surface area contributed by atoms with Crippen LogP contribution in [-0.4, -0.2) is 46.1 Å². The molecular weight excluding hydrogens is 156 g/mol. The third-order valence-electron chi connectivity index (χ3n) is 0. The minimum Gasteiger partial charge on any atom is -0.511 e. The molecule has 0 aromatic carbocycles. The average Bonchev–Trinajstić information content (AvgIpc) is 0.811. The maximum absolute atomic E-state index is 8.74. The molecule has 9 heavy (non-hydrogen) atoms. The van der Waals surface area contributed by atoms with E-state index in [1.165, 1.54) is 0 Å². The molecule has 12 N–H and O–H groups in total. The van der Waals surface area contributed by atoms with Gasteiger partial charge in [0.15, 0.2) is 0 Å². The molecule has 0 fully saturated rings. The molecule has 0 saturated carbocycles. The summed E-state index contributed by atoms with van der Waals surface area (Å²) in [5, 5.41) is 0. The Balaban J connectivity index is -0.00000000450. The van der Waals surface area contributed by atoms with Crippen molar-refractivity contribution >= 4 is 9.17 Å². The molecular formula is H12O8Si. The second-order valence-electron chi connectivity index (χ2n) is 0.283. The Kier molecular flexibility index (Phi) is 460. The van der Waals surface area contributed by atoms with Crippen molar-refractivity contribution < 1.29 is 41.4 Å². The van der Waals surface area contributed by atoms with Gasteiger partial charge in [0.25, 0.3) is 0 Å². The Morgan fingerprint density at radius 1 is 0.778 bits per heavy atom. The van der Waals surface area contributed by atoms with Gasteiger partial charge in [-0.3, -0.25) is 4.46 Å². The Morgan fingerprint density at radius 3 is 0.778 bits per heavy atom. The molecule has 0 radical (unpaired) electrons. The molecule has 0 atom stereocenters. The van der Waals surface area contributed by atoms with Gasteiger partial charge in [0, 0.05) is 0 Å². The van der Waals surface area contributed by atoms with E-state index in [4.69, 9.17) is 14.1 Å². The van der Waals surface area contributed by atoms with Crippen molar-refractivity contribution in [1.29, 1.82) is 0 Å². The fourth-order valence-corrected chi connectivity index (χ4v) is 0.